The average Bonchev–Trinajstić information content (AvgIpc) is 2.68. The second-order valence-corrected chi connectivity index (χ2v) is 7.48. The molecule has 1 heterocycles. The fourth-order valence-corrected chi connectivity index (χ4v) is 2.73. The van der Waals surface area contributed by atoms with Crippen molar-refractivity contribution < 1.29 is 9.84 Å². The van der Waals surface area contributed by atoms with Gasteiger partial charge in [0.25, 0.3) is 0 Å². The van der Waals surface area contributed by atoms with Crippen LogP contribution in [-0.4, -0.2) is 36.0 Å². The molecule has 0 fully saturated rings. The molecule has 2 atom stereocenters. The quantitative estimate of drug-likeness (QED) is 0.809. The third kappa shape index (κ3) is 7.67. The fourth-order valence-electron chi connectivity index (χ4n) is 1.71. The molecule has 3 nitrogen and oxygen atoms in total. The van der Waals surface area contributed by atoms with Gasteiger partial charge in [-0.05, 0) is 53.2 Å². The molecule has 19 heavy (non-hydrogen) atoms. The summed E-state index contributed by atoms with van der Waals surface area (Å²) in [4.78, 5) is 2.73. The number of ether oxygens (including phenoxy) is 1. The van der Waals surface area contributed by atoms with Gasteiger partial charge in [-0.15, -0.1) is 11.3 Å². The summed E-state index contributed by atoms with van der Waals surface area (Å²) in [7, 11) is 0. The molecule has 0 radical (unpaired) electrons. The number of rotatable bonds is 7. The average molecular weight is 285 g/mol. The molecule has 0 amide bonds. The Morgan fingerprint density at radius 2 is 2.05 bits per heavy atom. The van der Waals surface area contributed by atoms with Crippen molar-refractivity contribution >= 4 is 11.3 Å². The van der Waals surface area contributed by atoms with E-state index in [2.05, 4.69) is 31.3 Å². The standard InChI is InChI=1S/C15H27NO2S/c1-11(8-14-7-6-12(2)19-14)16-9-13(17)10-18-15(3,4)5/h6-7,11,13,16-17H,8-10H2,1-5H3. The summed E-state index contributed by atoms with van der Waals surface area (Å²) in [6.45, 7) is 11.2. The molecule has 4 heteroatoms. The molecule has 0 spiro atoms. The van der Waals surface area contributed by atoms with E-state index >= 15 is 0 Å². The summed E-state index contributed by atoms with van der Waals surface area (Å²) in [5.74, 6) is 0. The largest absolute Gasteiger partial charge is 0.389 e. The minimum absolute atomic E-state index is 0.193. The first-order chi connectivity index (χ1) is 8.76. The van der Waals surface area contributed by atoms with Crippen molar-refractivity contribution in [3.8, 4) is 0 Å². The van der Waals surface area contributed by atoms with Crippen molar-refractivity contribution in [2.24, 2.45) is 0 Å². The van der Waals surface area contributed by atoms with E-state index in [1.54, 1.807) is 0 Å². The summed E-state index contributed by atoms with van der Waals surface area (Å²) >= 11 is 1.84. The zero-order valence-corrected chi connectivity index (χ0v) is 13.5. The summed E-state index contributed by atoms with van der Waals surface area (Å²) < 4.78 is 5.56. The molecule has 2 unspecified atom stereocenters. The van der Waals surface area contributed by atoms with Crippen LogP contribution in [0.3, 0.4) is 0 Å². The molecular formula is C15H27NO2S. The highest BCUT2D eigenvalue weighted by molar-refractivity contribution is 7.11. The number of aryl methyl sites for hydroxylation is 1. The fraction of sp³-hybridized carbons (Fsp3) is 0.733. The summed E-state index contributed by atoms with van der Waals surface area (Å²) in [5, 5.41) is 13.2. The highest BCUT2D eigenvalue weighted by atomic mass is 32.1. The number of hydrogen-bond donors (Lipinski definition) is 2. The van der Waals surface area contributed by atoms with Crippen molar-refractivity contribution in [2.45, 2.75) is 58.8 Å². The lowest BCUT2D eigenvalue weighted by atomic mass is 10.2. The van der Waals surface area contributed by atoms with Crippen LogP contribution in [0.25, 0.3) is 0 Å². The van der Waals surface area contributed by atoms with E-state index in [4.69, 9.17) is 4.74 Å². The van der Waals surface area contributed by atoms with Gasteiger partial charge in [0, 0.05) is 22.3 Å². The van der Waals surface area contributed by atoms with E-state index in [1.807, 2.05) is 32.1 Å². The van der Waals surface area contributed by atoms with Gasteiger partial charge in [0.1, 0.15) is 0 Å². The zero-order valence-electron chi connectivity index (χ0n) is 12.7. The SMILES string of the molecule is Cc1ccc(CC(C)NCC(O)COC(C)(C)C)s1. The highest BCUT2D eigenvalue weighted by Gasteiger charge is 2.14. The topological polar surface area (TPSA) is 41.5 Å². The van der Waals surface area contributed by atoms with Gasteiger partial charge in [-0.1, -0.05) is 0 Å². The van der Waals surface area contributed by atoms with Crippen molar-refractivity contribution in [1.29, 1.82) is 0 Å². The monoisotopic (exact) mass is 285 g/mol. The Morgan fingerprint density at radius 1 is 1.37 bits per heavy atom. The van der Waals surface area contributed by atoms with Crippen LogP contribution in [0.4, 0.5) is 0 Å². The molecule has 1 aromatic rings. The molecule has 2 N–H and O–H groups in total. The molecule has 1 aromatic heterocycles. The lowest BCUT2D eigenvalue weighted by molar-refractivity contribution is -0.0482. The van der Waals surface area contributed by atoms with E-state index in [1.165, 1.54) is 9.75 Å². The van der Waals surface area contributed by atoms with Crippen molar-refractivity contribution in [3.63, 3.8) is 0 Å². The smallest absolute Gasteiger partial charge is 0.0898 e. The Hall–Kier alpha value is -0.420. The minimum Gasteiger partial charge on any atom is -0.389 e. The highest BCUT2D eigenvalue weighted by Crippen LogP contribution is 2.16. The third-order valence-corrected chi connectivity index (χ3v) is 3.74. The predicted octanol–water partition coefficient (Wildman–Crippen LogP) is 2.75. The van der Waals surface area contributed by atoms with Gasteiger partial charge < -0.3 is 15.2 Å². The molecular weight excluding hydrogens is 258 g/mol. The molecule has 0 aromatic carbocycles. The second-order valence-electron chi connectivity index (χ2n) is 6.10. The van der Waals surface area contributed by atoms with Gasteiger partial charge in [-0.2, -0.15) is 0 Å². The van der Waals surface area contributed by atoms with Gasteiger partial charge in [0.15, 0.2) is 0 Å². The normalized spacial score (nSPS) is 15.5. The van der Waals surface area contributed by atoms with Crippen molar-refractivity contribution in [3.05, 3.63) is 21.9 Å². The van der Waals surface area contributed by atoms with Gasteiger partial charge in [-0.3, -0.25) is 0 Å². The first kappa shape index (κ1) is 16.6. The van der Waals surface area contributed by atoms with Gasteiger partial charge >= 0.3 is 0 Å². The molecule has 0 saturated heterocycles. The predicted molar refractivity (Wildman–Crippen MR) is 81.9 cm³/mol. The lowest BCUT2D eigenvalue weighted by Gasteiger charge is -2.23. The van der Waals surface area contributed by atoms with E-state index < -0.39 is 6.10 Å². The zero-order chi connectivity index (χ0) is 14.5. The molecule has 0 aliphatic carbocycles. The maximum Gasteiger partial charge on any atom is 0.0898 e. The third-order valence-electron chi connectivity index (χ3n) is 2.71. The summed E-state index contributed by atoms with van der Waals surface area (Å²) in [5.41, 5.74) is -0.193. The van der Waals surface area contributed by atoms with E-state index in [9.17, 15) is 5.11 Å². The van der Waals surface area contributed by atoms with Gasteiger partial charge in [-0.25, -0.2) is 0 Å². The van der Waals surface area contributed by atoms with Crippen LogP contribution in [-0.2, 0) is 11.2 Å². The Kier molecular flexibility index (Phi) is 6.47. The van der Waals surface area contributed by atoms with Gasteiger partial charge in [0.05, 0.1) is 18.3 Å². The van der Waals surface area contributed by atoms with Crippen LogP contribution in [0.5, 0.6) is 0 Å². The Bertz CT molecular complexity index is 370. The molecule has 0 aliphatic heterocycles. The van der Waals surface area contributed by atoms with Crippen molar-refractivity contribution in [1.82, 2.24) is 5.32 Å². The Morgan fingerprint density at radius 3 is 2.58 bits per heavy atom. The molecule has 0 aliphatic rings. The Labute approximate surface area is 121 Å². The lowest BCUT2D eigenvalue weighted by Crippen LogP contribution is -2.38. The van der Waals surface area contributed by atoms with E-state index in [0.717, 1.165) is 6.42 Å². The van der Waals surface area contributed by atoms with Crippen LogP contribution in [0.15, 0.2) is 12.1 Å². The van der Waals surface area contributed by atoms with Crippen molar-refractivity contribution in [2.75, 3.05) is 13.2 Å². The van der Waals surface area contributed by atoms with Crippen LogP contribution in [0.2, 0.25) is 0 Å². The summed E-state index contributed by atoms with van der Waals surface area (Å²) in [6.07, 6.45) is 0.553. The number of hydrogen-bond acceptors (Lipinski definition) is 4. The Balaban J connectivity index is 2.20. The maximum absolute atomic E-state index is 9.85. The maximum atomic E-state index is 9.85. The van der Waals surface area contributed by atoms with E-state index in [-0.39, 0.29) is 5.60 Å². The second kappa shape index (κ2) is 7.39. The summed E-state index contributed by atoms with van der Waals surface area (Å²) in [6, 6.07) is 4.69. The first-order valence-corrected chi connectivity index (χ1v) is 7.68. The number of aliphatic hydroxyl groups is 1. The van der Waals surface area contributed by atoms with Gasteiger partial charge in [0.2, 0.25) is 0 Å². The van der Waals surface area contributed by atoms with Crippen LogP contribution in [0.1, 0.15) is 37.4 Å². The van der Waals surface area contributed by atoms with E-state index in [0.29, 0.717) is 19.2 Å². The van der Waals surface area contributed by atoms with Crippen LogP contribution in [0, 0.1) is 6.92 Å². The molecule has 1 rings (SSSR count). The number of aliphatic hydroxyl groups excluding tert-OH is 1. The molecule has 0 bridgehead atoms. The van der Waals surface area contributed by atoms with Crippen LogP contribution >= 0.6 is 11.3 Å². The first-order valence-electron chi connectivity index (χ1n) is 6.87. The number of thiophene rings is 1. The molecule has 110 valence electrons. The minimum atomic E-state index is -0.452. The number of nitrogens with one attached hydrogen (secondary N) is 1. The molecule has 0 saturated carbocycles. The van der Waals surface area contributed by atoms with Crippen LogP contribution < -0.4 is 5.32 Å².